The lowest BCUT2D eigenvalue weighted by molar-refractivity contribution is 0.0600. The third kappa shape index (κ3) is 5.31. The van der Waals surface area contributed by atoms with Crippen molar-refractivity contribution in [2.45, 2.75) is 6.61 Å². The van der Waals surface area contributed by atoms with Gasteiger partial charge in [0.25, 0.3) is 0 Å². The summed E-state index contributed by atoms with van der Waals surface area (Å²) in [6.07, 6.45) is 3.99. The molecule has 0 fully saturated rings. The molecule has 136 valence electrons. The molecule has 0 saturated heterocycles. The summed E-state index contributed by atoms with van der Waals surface area (Å²) in [5.74, 6) is 0.468. The minimum absolute atomic E-state index is 0.352. The topological polar surface area (TPSA) is 35.5 Å². The Bertz CT molecular complexity index is 949. The van der Waals surface area contributed by atoms with Gasteiger partial charge in [-0.1, -0.05) is 76.6 Å². The van der Waals surface area contributed by atoms with Gasteiger partial charge in [0.05, 0.1) is 12.7 Å². The number of ether oxygens (including phenoxy) is 2. The molecule has 3 aromatic carbocycles. The van der Waals surface area contributed by atoms with Crippen molar-refractivity contribution in [3.63, 3.8) is 0 Å². The minimum Gasteiger partial charge on any atom is -0.489 e. The largest absolute Gasteiger partial charge is 0.489 e. The number of halogens is 1. The van der Waals surface area contributed by atoms with Crippen molar-refractivity contribution in [1.29, 1.82) is 0 Å². The molecule has 0 N–H and O–H groups in total. The Labute approximate surface area is 167 Å². The van der Waals surface area contributed by atoms with Crippen LogP contribution in [0.5, 0.6) is 5.75 Å². The van der Waals surface area contributed by atoms with Crippen LogP contribution in [0.2, 0.25) is 0 Å². The highest BCUT2D eigenvalue weighted by Crippen LogP contribution is 2.23. The quantitative estimate of drug-likeness (QED) is 0.361. The number of hydrogen-bond acceptors (Lipinski definition) is 3. The van der Waals surface area contributed by atoms with Crippen LogP contribution in [-0.2, 0) is 11.3 Å². The second-order valence-electron chi connectivity index (χ2n) is 5.91. The molecule has 0 aromatic heterocycles. The molecule has 0 saturated carbocycles. The van der Waals surface area contributed by atoms with Crippen LogP contribution in [0.25, 0.3) is 12.2 Å². The van der Waals surface area contributed by atoms with Gasteiger partial charge in [-0.25, -0.2) is 4.79 Å². The van der Waals surface area contributed by atoms with E-state index in [4.69, 9.17) is 9.47 Å². The molecule has 0 atom stereocenters. The lowest BCUT2D eigenvalue weighted by atomic mass is 10.1. The number of rotatable bonds is 6. The summed E-state index contributed by atoms with van der Waals surface area (Å²) in [7, 11) is 1.37. The third-order valence-corrected chi connectivity index (χ3v) is 4.67. The van der Waals surface area contributed by atoms with E-state index in [-0.39, 0.29) is 5.97 Å². The summed E-state index contributed by atoms with van der Waals surface area (Å²) in [5, 5.41) is 0. The zero-order chi connectivity index (χ0) is 19.1. The Kier molecular flexibility index (Phi) is 6.44. The first-order valence-electron chi connectivity index (χ1n) is 8.48. The van der Waals surface area contributed by atoms with Gasteiger partial charge in [-0.15, -0.1) is 0 Å². The number of methoxy groups -OCH3 is 1. The van der Waals surface area contributed by atoms with Crippen LogP contribution in [0.1, 0.15) is 27.0 Å². The summed E-state index contributed by atoms with van der Waals surface area (Å²) in [4.78, 5) is 11.6. The van der Waals surface area contributed by atoms with Crippen LogP contribution in [-0.4, -0.2) is 13.1 Å². The molecule has 0 aliphatic heterocycles. The van der Waals surface area contributed by atoms with E-state index in [1.165, 1.54) is 7.11 Å². The molecule has 0 heterocycles. The van der Waals surface area contributed by atoms with Crippen LogP contribution >= 0.6 is 15.9 Å². The van der Waals surface area contributed by atoms with Gasteiger partial charge < -0.3 is 9.47 Å². The Morgan fingerprint density at radius 1 is 0.963 bits per heavy atom. The maximum Gasteiger partial charge on any atom is 0.337 e. The molecule has 3 aromatic rings. The first-order chi connectivity index (χ1) is 13.2. The molecule has 27 heavy (non-hydrogen) atoms. The average Bonchev–Trinajstić information content (AvgIpc) is 2.72. The normalized spacial score (nSPS) is 10.7. The number of benzene rings is 3. The van der Waals surface area contributed by atoms with Crippen LogP contribution in [0.4, 0.5) is 0 Å². The highest BCUT2D eigenvalue weighted by molar-refractivity contribution is 9.10. The number of esters is 1. The van der Waals surface area contributed by atoms with E-state index in [9.17, 15) is 4.79 Å². The molecule has 0 aliphatic rings. The Balaban J connectivity index is 1.69. The van der Waals surface area contributed by atoms with E-state index in [2.05, 4.69) is 15.9 Å². The van der Waals surface area contributed by atoms with E-state index >= 15 is 0 Å². The Morgan fingerprint density at radius 2 is 1.78 bits per heavy atom. The molecule has 4 heteroatoms. The fraction of sp³-hybridized carbons (Fsp3) is 0.0870. The molecular weight excluding hydrogens is 404 g/mol. The van der Waals surface area contributed by atoms with Gasteiger partial charge in [0, 0.05) is 4.47 Å². The van der Waals surface area contributed by atoms with Crippen molar-refractivity contribution in [1.82, 2.24) is 0 Å². The first kappa shape index (κ1) is 18.9. The second-order valence-corrected chi connectivity index (χ2v) is 6.76. The molecule has 0 aliphatic carbocycles. The van der Waals surface area contributed by atoms with Crippen LogP contribution in [0.3, 0.4) is 0 Å². The van der Waals surface area contributed by atoms with E-state index in [0.717, 1.165) is 26.9 Å². The summed E-state index contributed by atoms with van der Waals surface area (Å²) in [5.41, 5.74) is 3.65. The molecule has 0 unspecified atom stereocenters. The van der Waals surface area contributed by atoms with Crippen molar-refractivity contribution >= 4 is 34.1 Å². The standard InChI is InChI=1S/C23H19BrO3/c1-26-23(25)20-13-12-19(22(24)15-20)11-10-17-8-5-9-21(14-17)27-16-18-6-3-2-4-7-18/h2-15H,16H2,1H3. The van der Waals surface area contributed by atoms with Gasteiger partial charge in [0.2, 0.25) is 0 Å². The molecule has 0 bridgehead atoms. The van der Waals surface area contributed by atoms with Gasteiger partial charge in [-0.2, -0.15) is 0 Å². The van der Waals surface area contributed by atoms with Crippen LogP contribution < -0.4 is 4.74 Å². The van der Waals surface area contributed by atoms with Crippen LogP contribution in [0.15, 0.2) is 77.3 Å². The van der Waals surface area contributed by atoms with Gasteiger partial charge in [0.15, 0.2) is 0 Å². The molecule has 0 amide bonds. The van der Waals surface area contributed by atoms with Gasteiger partial charge >= 0.3 is 5.97 Å². The number of hydrogen-bond donors (Lipinski definition) is 0. The van der Waals surface area contributed by atoms with Crippen molar-refractivity contribution < 1.29 is 14.3 Å². The van der Waals surface area contributed by atoms with Gasteiger partial charge in [-0.05, 0) is 41.0 Å². The summed E-state index contributed by atoms with van der Waals surface area (Å²) in [6.45, 7) is 0.536. The first-order valence-corrected chi connectivity index (χ1v) is 9.28. The average molecular weight is 423 g/mol. The second kappa shape index (κ2) is 9.19. The van der Waals surface area contributed by atoms with Gasteiger partial charge in [0.1, 0.15) is 12.4 Å². The molecular formula is C23H19BrO3. The minimum atomic E-state index is -0.352. The summed E-state index contributed by atoms with van der Waals surface area (Å²) in [6, 6.07) is 23.4. The zero-order valence-electron chi connectivity index (χ0n) is 14.9. The fourth-order valence-corrected chi connectivity index (χ4v) is 3.05. The highest BCUT2D eigenvalue weighted by atomic mass is 79.9. The van der Waals surface area contributed by atoms with Gasteiger partial charge in [-0.3, -0.25) is 0 Å². The molecule has 0 spiro atoms. The van der Waals surface area contributed by atoms with Crippen molar-refractivity contribution in [2.75, 3.05) is 7.11 Å². The van der Waals surface area contributed by atoms with E-state index in [1.54, 1.807) is 12.1 Å². The summed E-state index contributed by atoms with van der Waals surface area (Å²) < 4.78 is 11.4. The van der Waals surface area contributed by atoms with E-state index in [1.807, 2.05) is 72.8 Å². The van der Waals surface area contributed by atoms with Crippen molar-refractivity contribution in [3.8, 4) is 5.75 Å². The number of carbonyl (C=O) groups excluding carboxylic acids is 1. The lowest BCUT2D eigenvalue weighted by Crippen LogP contribution is -2.00. The number of carbonyl (C=O) groups is 1. The predicted molar refractivity (Wildman–Crippen MR) is 112 cm³/mol. The smallest absolute Gasteiger partial charge is 0.337 e. The van der Waals surface area contributed by atoms with E-state index < -0.39 is 0 Å². The SMILES string of the molecule is COC(=O)c1ccc(C=Cc2cccc(OCc3ccccc3)c2)c(Br)c1. The van der Waals surface area contributed by atoms with E-state index in [0.29, 0.717) is 12.2 Å². The molecule has 3 rings (SSSR count). The maximum absolute atomic E-state index is 11.6. The zero-order valence-corrected chi connectivity index (χ0v) is 16.5. The lowest BCUT2D eigenvalue weighted by Gasteiger charge is -2.07. The Hall–Kier alpha value is -2.85. The van der Waals surface area contributed by atoms with Crippen molar-refractivity contribution in [2.24, 2.45) is 0 Å². The van der Waals surface area contributed by atoms with Crippen molar-refractivity contribution in [3.05, 3.63) is 99.5 Å². The highest BCUT2D eigenvalue weighted by Gasteiger charge is 2.07. The van der Waals surface area contributed by atoms with Crippen LogP contribution in [0, 0.1) is 0 Å². The molecule has 0 radical (unpaired) electrons. The molecule has 3 nitrogen and oxygen atoms in total. The predicted octanol–water partition coefficient (Wildman–Crippen LogP) is 5.99. The third-order valence-electron chi connectivity index (χ3n) is 3.98. The summed E-state index contributed by atoms with van der Waals surface area (Å²) >= 11 is 3.50. The fourth-order valence-electron chi connectivity index (χ4n) is 2.54. The maximum atomic E-state index is 11.6. The Morgan fingerprint density at radius 3 is 2.52 bits per heavy atom. The monoisotopic (exact) mass is 422 g/mol.